The van der Waals surface area contributed by atoms with Gasteiger partial charge >= 0.3 is 0 Å². The number of aromatic amines is 1. The zero-order valence-electron chi connectivity index (χ0n) is 21.4. The van der Waals surface area contributed by atoms with Crippen LogP contribution in [0.5, 0.6) is 0 Å². The molecule has 1 aliphatic rings. The predicted octanol–water partition coefficient (Wildman–Crippen LogP) is 5.62. The molecule has 0 spiro atoms. The fourth-order valence-electron chi connectivity index (χ4n) is 5.08. The molecule has 3 aromatic carbocycles. The van der Waals surface area contributed by atoms with Crippen LogP contribution in [-0.4, -0.2) is 40.2 Å². The molecule has 6 nitrogen and oxygen atoms in total. The molecule has 1 saturated heterocycles. The number of fused-ring (bicyclic) bond motifs is 1. The summed E-state index contributed by atoms with van der Waals surface area (Å²) < 4.78 is 0. The number of para-hydroxylation sites is 1. The number of hydrogen-bond acceptors (Lipinski definition) is 3. The third-order valence-electron chi connectivity index (χ3n) is 7.25. The molecular weight excluding hydrogens is 462 g/mol. The van der Waals surface area contributed by atoms with Gasteiger partial charge in [0.25, 0.3) is 11.8 Å². The molecule has 0 bridgehead atoms. The Morgan fingerprint density at radius 2 is 1.70 bits per heavy atom. The molecule has 0 saturated carbocycles. The summed E-state index contributed by atoms with van der Waals surface area (Å²) in [6.45, 7) is 6.40. The highest BCUT2D eigenvalue weighted by Gasteiger charge is 2.44. The van der Waals surface area contributed by atoms with Crippen LogP contribution in [0, 0.1) is 6.92 Å². The smallest absolute Gasteiger partial charge is 0.257 e. The maximum Gasteiger partial charge on any atom is 0.257 e. The van der Waals surface area contributed by atoms with E-state index >= 15 is 0 Å². The highest BCUT2D eigenvalue weighted by Crippen LogP contribution is 2.29. The first-order valence-corrected chi connectivity index (χ1v) is 12.7. The number of aromatic nitrogens is 1. The Labute approximate surface area is 216 Å². The molecule has 188 valence electrons. The van der Waals surface area contributed by atoms with Crippen LogP contribution in [0.2, 0.25) is 0 Å². The minimum Gasteiger partial charge on any atom is -0.361 e. The number of carbonyl (C=O) groups excluding carboxylic acids is 3. The standard InChI is InChI=1S/C31H31N3O3/c1-20(2)22-12-14-24(15-13-22)34-29(35)18-28(31(34)37)33(30(36)25-9-5-4-8-21(25)3)17-16-23-19-32-27-11-7-6-10-26(23)27/h4-15,19-20,28,32H,16-18H2,1-3H3. The molecule has 1 fully saturated rings. The number of H-pyrrole nitrogens is 1. The van der Waals surface area contributed by atoms with E-state index < -0.39 is 6.04 Å². The van der Waals surface area contributed by atoms with Gasteiger partial charge in [-0.05, 0) is 60.2 Å². The average molecular weight is 494 g/mol. The summed E-state index contributed by atoms with van der Waals surface area (Å²) in [5.41, 5.74) is 5.15. The van der Waals surface area contributed by atoms with E-state index in [1.807, 2.05) is 79.9 Å². The van der Waals surface area contributed by atoms with Gasteiger partial charge in [-0.2, -0.15) is 0 Å². The number of aryl methyl sites for hydroxylation is 1. The van der Waals surface area contributed by atoms with Crippen LogP contribution >= 0.6 is 0 Å². The van der Waals surface area contributed by atoms with Gasteiger partial charge in [0.05, 0.1) is 12.1 Å². The molecule has 3 amide bonds. The maximum absolute atomic E-state index is 13.8. The molecule has 1 N–H and O–H groups in total. The van der Waals surface area contributed by atoms with Crippen molar-refractivity contribution < 1.29 is 14.4 Å². The minimum atomic E-state index is -0.852. The summed E-state index contributed by atoms with van der Waals surface area (Å²) >= 11 is 0. The molecular formula is C31H31N3O3. The van der Waals surface area contributed by atoms with Crippen molar-refractivity contribution in [3.63, 3.8) is 0 Å². The lowest BCUT2D eigenvalue weighted by atomic mass is 10.0. The second-order valence-electron chi connectivity index (χ2n) is 9.96. The Bertz CT molecular complexity index is 1470. The van der Waals surface area contributed by atoms with E-state index in [4.69, 9.17) is 0 Å². The third kappa shape index (κ3) is 4.67. The van der Waals surface area contributed by atoms with Gasteiger partial charge < -0.3 is 9.88 Å². The van der Waals surface area contributed by atoms with Crippen LogP contribution in [0.3, 0.4) is 0 Å². The zero-order chi connectivity index (χ0) is 26.1. The number of benzene rings is 3. The van der Waals surface area contributed by atoms with Crippen molar-refractivity contribution in [1.29, 1.82) is 0 Å². The monoisotopic (exact) mass is 493 g/mol. The van der Waals surface area contributed by atoms with Gasteiger partial charge in [0.1, 0.15) is 6.04 Å². The van der Waals surface area contributed by atoms with E-state index in [0.717, 1.165) is 27.6 Å². The van der Waals surface area contributed by atoms with Crippen LogP contribution in [0.4, 0.5) is 5.69 Å². The second kappa shape index (κ2) is 10.1. The Balaban J connectivity index is 1.46. The highest BCUT2D eigenvalue weighted by atomic mass is 16.2. The fourth-order valence-corrected chi connectivity index (χ4v) is 5.08. The Morgan fingerprint density at radius 1 is 1.00 bits per heavy atom. The summed E-state index contributed by atoms with van der Waals surface area (Å²) in [4.78, 5) is 46.7. The molecule has 6 heteroatoms. The first kappa shape index (κ1) is 24.5. The van der Waals surface area contributed by atoms with Crippen LogP contribution in [0.25, 0.3) is 10.9 Å². The lowest BCUT2D eigenvalue weighted by Gasteiger charge is -2.28. The Morgan fingerprint density at radius 3 is 2.43 bits per heavy atom. The van der Waals surface area contributed by atoms with Crippen molar-refractivity contribution in [2.75, 3.05) is 11.4 Å². The van der Waals surface area contributed by atoms with Crippen LogP contribution in [-0.2, 0) is 16.0 Å². The maximum atomic E-state index is 13.8. The molecule has 0 radical (unpaired) electrons. The third-order valence-corrected chi connectivity index (χ3v) is 7.25. The van der Waals surface area contributed by atoms with Gasteiger partial charge in [0, 0.05) is 29.2 Å². The molecule has 1 aromatic heterocycles. The van der Waals surface area contributed by atoms with Gasteiger partial charge in [0.15, 0.2) is 0 Å². The SMILES string of the molecule is Cc1ccccc1C(=O)N(CCc1c[nH]c2ccccc12)C1CC(=O)N(c2ccc(C(C)C)cc2)C1=O. The highest BCUT2D eigenvalue weighted by molar-refractivity contribution is 6.23. The summed E-state index contributed by atoms with van der Waals surface area (Å²) in [6, 6.07) is 22.0. The number of nitrogens with one attached hydrogen (secondary N) is 1. The first-order chi connectivity index (χ1) is 17.8. The number of rotatable bonds is 7. The van der Waals surface area contributed by atoms with Gasteiger partial charge in [-0.25, -0.2) is 4.90 Å². The van der Waals surface area contributed by atoms with Gasteiger partial charge in [-0.3, -0.25) is 14.4 Å². The predicted molar refractivity (Wildman–Crippen MR) is 146 cm³/mol. The van der Waals surface area contributed by atoms with Gasteiger partial charge in [0.2, 0.25) is 5.91 Å². The quantitative estimate of drug-likeness (QED) is 0.340. The number of carbonyl (C=O) groups is 3. The molecule has 5 rings (SSSR count). The molecule has 0 aliphatic carbocycles. The largest absolute Gasteiger partial charge is 0.361 e. The first-order valence-electron chi connectivity index (χ1n) is 12.7. The van der Waals surface area contributed by atoms with Crippen molar-refractivity contribution in [2.24, 2.45) is 0 Å². The van der Waals surface area contributed by atoms with Crippen molar-refractivity contribution in [1.82, 2.24) is 9.88 Å². The van der Waals surface area contributed by atoms with Gasteiger partial charge in [-0.15, -0.1) is 0 Å². The summed E-state index contributed by atoms with van der Waals surface area (Å²) in [5.74, 6) is -0.537. The van der Waals surface area contributed by atoms with E-state index in [1.165, 1.54) is 4.90 Å². The fraction of sp³-hybridized carbons (Fsp3) is 0.258. The zero-order valence-corrected chi connectivity index (χ0v) is 21.4. The number of nitrogens with zero attached hydrogens (tertiary/aromatic N) is 2. The molecule has 37 heavy (non-hydrogen) atoms. The summed E-state index contributed by atoms with van der Waals surface area (Å²) in [7, 11) is 0. The Hall–Kier alpha value is -4.19. The average Bonchev–Trinajstić information content (AvgIpc) is 3.44. The van der Waals surface area contributed by atoms with E-state index in [2.05, 4.69) is 18.8 Å². The lowest BCUT2D eigenvalue weighted by Crippen LogP contribution is -2.46. The van der Waals surface area contributed by atoms with Crippen LogP contribution in [0.1, 0.15) is 53.2 Å². The number of amides is 3. The molecule has 1 atom stereocenters. The lowest BCUT2D eigenvalue weighted by molar-refractivity contribution is -0.122. The Kier molecular flexibility index (Phi) is 6.66. The van der Waals surface area contributed by atoms with E-state index in [9.17, 15) is 14.4 Å². The van der Waals surface area contributed by atoms with E-state index in [-0.39, 0.29) is 24.1 Å². The molecule has 4 aromatic rings. The minimum absolute atomic E-state index is 0.0315. The van der Waals surface area contributed by atoms with E-state index in [0.29, 0.717) is 30.1 Å². The number of anilines is 1. The van der Waals surface area contributed by atoms with Crippen molar-refractivity contribution >= 4 is 34.3 Å². The van der Waals surface area contributed by atoms with Crippen molar-refractivity contribution in [3.05, 3.63) is 101 Å². The normalized spacial score (nSPS) is 15.7. The molecule has 1 aliphatic heterocycles. The van der Waals surface area contributed by atoms with Crippen LogP contribution in [0.15, 0.2) is 79.0 Å². The van der Waals surface area contributed by atoms with Crippen LogP contribution < -0.4 is 4.90 Å². The number of imide groups is 1. The molecule has 1 unspecified atom stereocenters. The van der Waals surface area contributed by atoms with E-state index in [1.54, 1.807) is 11.0 Å². The summed E-state index contributed by atoms with van der Waals surface area (Å²) in [6.07, 6.45) is 2.48. The topological polar surface area (TPSA) is 73.5 Å². The van der Waals surface area contributed by atoms with Crippen molar-refractivity contribution in [2.45, 2.75) is 45.6 Å². The molecule has 2 heterocycles. The van der Waals surface area contributed by atoms with Crippen molar-refractivity contribution in [3.8, 4) is 0 Å². The second-order valence-corrected chi connectivity index (χ2v) is 9.96. The number of hydrogen-bond donors (Lipinski definition) is 1. The summed E-state index contributed by atoms with van der Waals surface area (Å²) in [5, 5.41) is 1.09. The van der Waals surface area contributed by atoms with Gasteiger partial charge in [-0.1, -0.05) is 62.4 Å².